The van der Waals surface area contributed by atoms with Crippen molar-refractivity contribution < 1.29 is 39.8 Å². The van der Waals surface area contributed by atoms with Gasteiger partial charge < -0.3 is 9.80 Å². The first-order valence-corrected chi connectivity index (χ1v) is 11.6. The summed E-state index contributed by atoms with van der Waals surface area (Å²) in [5, 5.41) is 0. The molecule has 0 bridgehead atoms. The van der Waals surface area contributed by atoms with Crippen LogP contribution >= 0.6 is 22.6 Å². The molecule has 0 saturated heterocycles. The van der Waals surface area contributed by atoms with E-state index < -0.39 is 209 Å². The van der Waals surface area contributed by atoms with E-state index in [9.17, 15) is 0 Å². The van der Waals surface area contributed by atoms with Crippen LogP contribution in [0.5, 0.6) is 0 Å². The van der Waals surface area contributed by atoms with E-state index in [1.807, 2.05) is 0 Å². The van der Waals surface area contributed by atoms with Gasteiger partial charge in [-0.3, -0.25) is 0 Å². The zero-order valence-electron chi connectivity index (χ0n) is 48.3. The Bertz CT molecular complexity index is 2440. The van der Waals surface area contributed by atoms with E-state index >= 15 is 0 Å². The second-order valence-electron chi connectivity index (χ2n) is 6.70. The maximum absolute atomic E-state index is 8.44. The smallest absolute Gasteiger partial charge is 0.0645 e. The summed E-state index contributed by atoms with van der Waals surface area (Å²) in [6.07, 6.45) is 0. The average Bonchev–Trinajstić information content (AvgIpc) is 3.31. The van der Waals surface area contributed by atoms with Crippen molar-refractivity contribution in [2.24, 2.45) is 0 Å². The lowest BCUT2D eigenvalue weighted by Crippen LogP contribution is -2.09. The number of para-hydroxylation sites is 5. The maximum Gasteiger partial charge on any atom is 0.0645 e. The molecule has 0 aliphatic rings. The first-order valence-electron chi connectivity index (χ1n) is 25.0. The van der Waals surface area contributed by atoms with Gasteiger partial charge in [-0.1, -0.05) is 90.6 Å². The van der Waals surface area contributed by atoms with Crippen LogP contribution in [-0.2, 0) is 0 Å². The quantitative estimate of drug-likeness (QED) is 0.166. The van der Waals surface area contributed by atoms with E-state index in [4.69, 9.17) is 39.8 Å². The molecule has 0 atom stereocenters. The number of benzene rings is 6. The fraction of sp³-hybridized carbons (Fsp3) is 0. The molecule has 0 unspecified atom stereocenters. The molecular formula is C36H29IN2. The minimum atomic E-state index is -0.871. The highest BCUT2D eigenvalue weighted by Crippen LogP contribution is 2.35. The summed E-state index contributed by atoms with van der Waals surface area (Å²) in [7, 11) is 0. The lowest BCUT2D eigenvalue weighted by atomic mass is 10.2. The van der Waals surface area contributed by atoms with Crippen molar-refractivity contribution >= 4 is 56.7 Å². The van der Waals surface area contributed by atoms with Gasteiger partial charge in [0.2, 0.25) is 0 Å². The predicted molar refractivity (Wildman–Crippen MR) is 175 cm³/mol. The summed E-state index contributed by atoms with van der Waals surface area (Å²) in [6.45, 7) is 0. The normalized spacial score (nSPS) is 20.6. The number of rotatable bonds is 6. The lowest BCUT2D eigenvalue weighted by molar-refractivity contribution is 1.28. The third-order valence-corrected chi connectivity index (χ3v) is 4.90. The van der Waals surface area contributed by atoms with Crippen LogP contribution in [0.25, 0.3) is 0 Å². The fourth-order valence-electron chi connectivity index (χ4n) is 2.85. The van der Waals surface area contributed by atoms with Crippen molar-refractivity contribution in [2.75, 3.05) is 9.80 Å². The van der Waals surface area contributed by atoms with Crippen molar-refractivity contribution in [1.29, 1.82) is 0 Å². The van der Waals surface area contributed by atoms with Gasteiger partial charge in [-0.25, -0.2) is 0 Å². The number of hydrogen-bond donors (Lipinski definition) is 0. The molecular weight excluding hydrogens is 587 g/mol. The molecule has 0 heterocycles. The SMILES string of the molecule is [2H]c1c([2H])c([2H])c(N(c2c([2H])c([2H])c([2H])c([2H])c2[2H])c2c([2H])c([2H])c(I)c([2H])c2[2H])c([2H])c1[2H].[2H]c1c([2H])c([2H])c(N(c2c([2H])c([2H])c([2H])c([2H])c2[2H])c2c([2H])c([2H])c([2H])c([2H])c2[2H])c([2H])c1[2H]. The Balaban J connectivity index is 0.000000254. The molecule has 6 aromatic carbocycles. The highest BCUT2D eigenvalue weighted by Gasteiger charge is 2.11. The molecule has 0 N–H and O–H groups in total. The maximum atomic E-state index is 8.44. The molecule has 6 aromatic rings. The topological polar surface area (TPSA) is 6.48 Å². The first kappa shape index (κ1) is 8.57. The Labute approximate surface area is 285 Å². The molecule has 0 aliphatic carbocycles. The summed E-state index contributed by atoms with van der Waals surface area (Å²) in [6, 6.07) is -22.9. The molecule has 0 aliphatic heterocycles. The van der Waals surface area contributed by atoms with E-state index in [1.165, 1.54) is 0 Å². The third-order valence-electron chi connectivity index (χ3n) is 4.36. The van der Waals surface area contributed by atoms with Crippen LogP contribution in [0.15, 0.2) is 175 Å². The van der Waals surface area contributed by atoms with E-state index in [1.54, 1.807) is 22.6 Å². The molecule has 0 fully saturated rings. The minimum Gasteiger partial charge on any atom is -0.311 e. The Hall–Kier alpha value is -4.35. The Morgan fingerprint density at radius 3 is 0.744 bits per heavy atom. The summed E-state index contributed by atoms with van der Waals surface area (Å²) in [4.78, 5) is 1.16. The van der Waals surface area contributed by atoms with Crippen LogP contribution in [-0.4, -0.2) is 0 Å². The largest absolute Gasteiger partial charge is 0.311 e. The van der Waals surface area contributed by atoms with E-state index in [2.05, 4.69) is 0 Å². The zero-order chi connectivity index (χ0) is 51.9. The lowest BCUT2D eigenvalue weighted by Gasteiger charge is -2.25. The van der Waals surface area contributed by atoms with Gasteiger partial charge in [0.15, 0.2) is 0 Å². The van der Waals surface area contributed by atoms with E-state index in [0.717, 1.165) is 0 Å². The summed E-state index contributed by atoms with van der Waals surface area (Å²) in [5.41, 5.74) is -4.25. The molecule has 39 heavy (non-hydrogen) atoms. The molecule has 0 spiro atoms. The van der Waals surface area contributed by atoms with Crippen molar-refractivity contribution in [3.05, 3.63) is 179 Å². The van der Waals surface area contributed by atoms with Gasteiger partial charge in [-0.2, -0.15) is 0 Å². The summed E-state index contributed by atoms with van der Waals surface area (Å²) >= 11 is 1.60. The zero-order valence-corrected chi connectivity index (χ0v) is 21.4. The molecule has 190 valence electrons. The standard InChI is InChI=1S/C18H14IN.C18H15N/c19-15-11-13-18(14-12-15)20(16-7-3-1-4-8-16)17-9-5-2-6-10-17;1-4-10-16(11-5-1)19(17-12-6-2-7-13-17)18-14-8-3-9-15-18/h1-14H;1-15H/i1D,2D,3D,4D,5D,6D,7D,8D,9D,10D,11D,12D,13D,14D;1D,2D,3D,4D,5D,6D,7D,8D,9D,10D,11D,12D,13D,14D,15D. The number of nitrogens with zero attached hydrogens (tertiary/aromatic N) is 2. The van der Waals surface area contributed by atoms with Crippen molar-refractivity contribution in [3.63, 3.8) is 0 Å². The van der Waals surface area contributed by atoms with E-state index in [-0.39, 0.29) is 3.57 Å². The molecule has 0 saturated carbocycles. The van der Waals surface area contributed by atoms with Gasteiger partial charge in [0.1, 0.15) is 0 Å². The van der Waals surface area contributed by atoms with Crippen molar-refractivity contribution in [3.8, 4) is 0 Å². The Kier molecular flexibility index (Phi) is 2.96. The molecule has 3 heteroatoms. The minimum absolute atomic E-state index is 0.0570. The molecule has 6 rings (SSSR count). The molecule has 2 nitrogen and oxygen atoms in total. The summed E-state index contributed by atoms with van der Waals surface area (Å²) in [5.74, 6) is 0. The van der Waals surface area contributed by atoms with Crippen LogP contribution < -0.4 is 9.80 Å². The highest BCUT2D eigenvalue weighted by molar-refractivity contribution is 14.1. The second kappa shape index (κ2) is 13.4. The molecule has 0 aromatic heterocycles. The van der Waals surface area contributed by atoms with E-state index in [0.29, 0.717) is 9.80 Å². The monoisotopic (exact) mass is 645 g/mol. The van der Waals surface area contributed by atoms with Gasteiger partial charge in [0, 0.05) is 37.7 Å². The van der Waals surface area contributed by atoms with Crippen LogP contribution in [0.3, 0.4) is 0 Å². The van der Waals surface area contributed by atoms with Gasteiger partial charge in [-0.05, 0) is 107 Å². The first-order chi connectivity index (χ1) is 31.3. The van der Waals surface area contributed by atoms with Crippen LogP contribution in [0, 0.1) is 3.57 Å². The second-order valence-corrected chi connectivity index (χ2v) is 7.78. The number of anilines is 6. The number of hydrogen-bond acceptors (Lipinski definition) is 2. The third kappa shape index (κ3) is 6.95. The van der Waals surface area contributed by atoms with Gasteiger partial charge in [-0.15, -0.1) is 0 Å². The van der Waals surface area contributed by atoms with Crippen molar-refractivity contribution in [2.45, 2.75) is 0 Å². The van der Waals surface area contributed by atoms with Crippen molar-refractivity contribution in [1.82, 2.24) is 0 Å². The van der Waals surface area contributed by atoms with Gasteiger partial charge >= 0.3 is 0 Å². The average molecular weight is 646 g/mol. The van der Waals surface area contributed by atoms with Crippen LogP contribution in [0.4, 0.5) is 34.1 Å². The fourth-order valence-corrected chi connectivity index (χ4v) is 3.12. The molecule has 0 radical (unpaired) electrons. The Morgan fingerprint density at radius 2 is 0.513 bits per heavy atom. The predicted octanol–water partition coefficient (Wildman–Crippen LogP) is 10.9. The number of halogens is 1. The van der Waals surface area contributed by atoms with Crippen LogP contribution in [0.1, 0.15) is 39.8 Å². The summed E-state index contributed by atoms with van der Waals surface area (Å²) < 4.78 is 236. The highest BCUT2D eigenvalue weighted by atomic mass is 127. The molecule has 0 amide bonds. The van der Waals surface area contributed by atoms with Crippen LogP contribution in [0.2, 0.25) is 0 Å². The van der Waals surface area contributed by atoms with Gasteiger partial charge in [0.25, 0.3) is 0 Å². The van der Waals surface area contributed by atoms with Gasteiger partial charge in [0.05, 0.1) is 39.8 Å². The Morgan fingerprint density at radius 1 is 0.308 bits per heavy atom.